The maximum Gasteiger partial charge on any atom is 0.328 e. The molecule has 7 heteroatoms. The minimum atomic E-state index is -1.41. The number of aliphatic hydroxyl groups is 1. The number of hydrogen-bond donors (Lipinski definition) is 3. The zero-order valence-electron chi connectivity index (χ0n) is 8.48. The quantitative estimate of drug-likeness (QED) is 0.766. The van der Waals surface area contributed by atoms with Gasteiger partial charge in [0.1, 0.15) is 5.82 Å². The first-order valence-corrected chi connectivity index (χ1v) is 5.34. The van der Waals surface area contributed by atoms with E-state index in [2.05, 4.69) is 21.2 Å². The molecule has 1 atom stereocenters. The summed E-state index contributed by atoms with van der Waals surface area (Å²) in [6.07, 6.45) is 0. The van der Waals surface area contributed by atoms with Crippen LogP contribution in [0.2, 0.25) is 0 Å². The van der Waals surface area contributed by atoms with Crippen LogP contribution in [0.3, 0.4) is 0 Å². The summed E-state index contributed by atoms with van der Waals surface area (Å²) in [6.45, 7) is -0.739. The van der Waals surface area contributed by atoms with Crippen LogP contribution in [0.15, 0.2) is 22.7 Å². The second-order valence-corrected chi connectivity index (χ2v) is 4.12. The summed E-state index contributed by atoms with van der Waals surface area (Å²) in [7, 11) is 0. The van der Waals surface area contributed by atoms with Crippen LogP contribution in [0.4, 0.5) is 4.39 Å². The van der Waals surface area contributed by atoms with Crippen LogP contribution in [-0.2, 0) is 4.79 Å². The molecule has 0 aliphatic heterocycles. The number of nitrogens with one attached hydrogen (secondary N) is 1. The Morgan fingerprint density at radius 1 is 1.41 bits per heavy atom. The molecule has 1 aromatic carbocycles. The van der Waals surface area contributed by atoms with Gasteiger partial charge in [-0.05, 0) is 18.2 Å². The molecule has 0 bridgehead atoms. The number of rotatable bonds is 4. The lowest BCUT2D eigenvalue weighted by Gasteiger charge is -2.11. The van der Waals surface area contributed by atoms with Crippen LogP contribution in [-0.4, -0.2) is 34.7 Å². The number of carboxylic acid groups (broad SMARTS) is 1. The molecule has 5 nitrogen and oxygen atoms in total. The normalized spacial score (nSPS) is 11.9. The zero-order valence-corrected chi connectivity index (χ0v) is 10.1. The summed E-state index contributed by atoms with van der Waals surface area (Å²) >= 11 is 3.01. The summed E-state index contributed by atoms with van der Waals surface area (Å²) in [5, 5.41) is 19.4. The monoisotopic (exact) mass is 305 g/mol. The number of halogens is 2. The van der Waals surface area contributed by atoms with E-state index < -0.39 is 30.3 Å². The van der Waals surface area contributed by atoms with E-state index in [9.17, 15) is 14.0 Å². The van der Waals surface area contributed by atoms with E-state index in [0.29, 0.717) is 4.47 Å². The largest absolute Gasteiger partial charge is 0.480 e. The first-order chi connectivity index (χ1) is 7.93. The molecule has 92 valence electrons. The van der Waals surface area contributed by atoms with Crippen LogP contribution < -0.4 is 5.32 Å². The Morgan fingerprint density at radius 2 is 2.06 bits per heavy atom. The number of aliphatic carboxylic acids is 1. The van der Waals surface area contributed by atoms with Crippen molar-refractivity contribution in [2.24, 2.45) is 0 Å². The molecule has 1 aromatic rings. The van der Waals surface area contributed by atoms with Crippen molar-refractivity contribution in [3.05, 3.63) is 34.1 Å². The van der Waals surface area contributed by atoms with Gasteiger partial charge in [-0.3, -0.25) is 4.79 Å². The summed E-state index contributed by atoms with van der Waals surface area (Å²) in [5.74, 6) is -2.76. The van der Waals surface area contributed by atoms with Crippen LogP contribution in [0.25, 0.3) is 0 Å². The van der Waals surface area contributed by atoms with E-state index in [1.165, 1.54) is 6.07 Å². The highest BCUT2D eigenvalue weighted by Crippen LogP contribution is 2.14. The lowest BCUT2D eigenvalue weighted by molar-refractivity contribution is -0.140. The smallest absolute Gasteiger partial charge is 0.328 e. The van der Waals surface area contributed by atoms with Gasteiger partial charge in [-0.15, -0.1) is 0 Å². The molecule has 0 saturated heterocycles. The zero-order chi connectivity index (χ0) is 13.0. The molecule has 1 amide bonds. The third kappa shape index (κ3) is 3.79. The van der Waals surface area contributed by atoms with Crippen molar-refractivity contribution >= 4 is 27.8 Å². The van der Waals surface area contributed by atoms with Crippen molar-refractivity contribution in [2.75, 3.05) is 6.61 Å². The Hall–Kier alpha value is -1.47. The van der Waals surface area contributed by atoms with Gasteiger partial charge in [0.2, 0.25) is 0 Å². The molecule has 0 spiro atoms. The Bertz CT molecular complexity index is 432. The van der Waals surface area contributed by atoms with Crippen LogP contribution in [0, 0.1) is 5.82 Å². The number of amides is 1. The first-order valence-electron chi connectivity index (χ1n) is 4.54. The van der Waals surface area contributed by atoms with Crippen molar-refractivity contribution in [1.29, 1.82) is 0 Å². The molecule has 17 heavy (non-hydrogen) atoms. The number of hydrogen-bond acceptors (Lipinski definition) is 3. The van der Waals surface area contributed by atoms with Crippen LogP contribution in [0.1, 0.15) is 10.4 Å². The van der Waals surface area contributed by atoms with E-state index in [0.717, 1.165) is 12.1 Å². The fourth-order valence-corrected chi connectivity index (χ4v) is 1.58. The van der Waals surface area contributed by atoms with Crippen molar-refractivity contribution in [3.8, 4) is 0 Å². The molecule has 1 rings (SSSR count). The molecule has 0 heterocycles. The van der Waals surface area contributed by atoms with Gasteiger partial charge in [0.15, 0.2) is 6.04 Å². The molecule has 0 aromatic heterocycles. The Morgan fingerprint density at radius 3 is 2.53 bits per heavy atom. The number of benzene rings is 1. The topological polar surface area (TPSA) is 86.6 Å². The second kappa shape index (κ2) is 5.74. The van der Waals surface area contributed by atoms with E-state index >= 15 is 0 Å². The van der Waals surface area contributed by atoms with Crippen molar-refractivity contribution in [3.63, 3.8) is 0 Å². The molecule has 0 saturated carbocycles. The van der Waals surface area contributed by atoms with Gasteiger partial charge >= 0.3 is 5.97 Å². The Balaban J connectivity index is 2.86. The Kier molecular flexibility index (Phi) is 4.59. The van der Waals surface area contributed by atoms with Gasteiger partial charge in [0.05, 0.1) is 6.61 Å². The summed E-state index contributed by atoms with van der Waals surface area (Å²) in [6, 6.07) is 2.06. The van der Waals surface area contributed by atoms with Gasteiger partial charge in [-0.2, -0.15) is 0 Å². The van der Waals surface area contributed by atoms with Crippen molar-refractivity contribution < 1.29 is 24.2 Å². The third-order valence-corrected chi connectivity index (χ3v) is 2.37. The molecule has 0 aliphatic carbocycles. The molecule has 0 radical (unpaired) electrons. The average Bonchev–Trinajstić information content (AvgIpc) is 2.23. The number of carboxylic acids is 1. The van der Waals surface area contributed by atoms with Gasteiger partial charge in [0, 0.05) is 10.0 Å². The molecular weight excluding hydrogens is 297 g/mol. The van der Waals surface area contributed by atoms with Gasteiger partial charge < -0.3 is 15.5 Å². The average molecular weight is 306 g/mol. The second-order valence-electron chi connectivity index (χ2n) is 3.20. The molecule has 0 aliphatic rings. The lowest BCUT2D eigenvalue weighted by atomic mass is 10.2. The third-order valence-electron chi connectivity index (χ3n) is 1.91. The fourth-order valence-electron chi connectivity index (χ4n) is 1.11. The van der Waals surface area contributed by atoms with Gasteiger partial charge in [0.25, 0.3) is 5.91 Å². The van der Waals surface area contributed by atoms with Crippen LogP contribution >= 0.6 is 15.9 Å². The summed E-state index contributed by atoms with van der Waals surface area (Å²) < 4.78 is 13.4. The van der Waals surface area contributed by atoms with Crippen molar-refractivity contribution in [2.45, 2.75) is 6.04 Å². The summed E-state index contributed by atoms with van der Waals surface area (Å²) in [4.78, 5) is 22.1. The van der Waals surface area contributed by atoms with E-state index in [1.807, 2.05) is 0 Å². The molecular formula is C10H9BrFNO4. The van der Waals surface area contributed by atoms with Gasteiger partial charge in [-0.25, -0.2) is 9.18 Å². The predicted octanol–water partition coefficient (Wildman–Crippen LogP) is 0.764. The minimum Gasteiger partial charge on any atom is -0.480 e. The van der Waals surface area contributed by atoms with E-state index in [4.69, 9.17) is 10.2 Å². The lowest BCUT2D eigenvalue weighted by Crippen LogP contribution is -2.43. The van der Waals surface area contributed by atoms with Crippen molar-refractivity contribution in [1.82, 2.24) is 5.32 Å². The summed E-state index contributed by atoms with van der Waals surface area (Å²) in [5.41, 5.74) is -0.0309. The standard InChI is InChI=1S/C10H9BrFNO4/c11-6-1-5(2-7(12)3-6)9(15)13-8(4-14)10(16)17/h1-3,8,14H,4H2,(H,13,15)(H,16,17)/t8-/m1/s1. The van der Waals surface area contributed by atoms with E-state index in [-0.39, 0.29) is 5.56 Å². The van der Waals surface area contributed by atoms with E-state index in [1.54, 1.807) is 0 Å². The number of aliphatic hydroxyl groups excluding tert-OH is 1. The molecule has 0 fully saturated rings. The SMILES string of the molecule is O=C(N[C@H](CO)C(=O)O)c1cc(F)cc(Br)c1. The first kappa shape index (κ1) is 13.6. The molecule has 0 unspecified atom stereocenters. The van der Waals surface area contributed by atoms with Gasteiger partial charge in [-0.1, -0.05) is 15.9 Å². The number of carbonyl (C=O) groups is 2. The highest BCUT2D eigenvalue weighted by Gasteiger charge is 2.19. The highest BCUT2D eigenvalue weighted by atomic mass is 79.9. The number of carbonyl (C=O) groups excluding carboxylic acids is 1. The minimum absolute atomic E-state index is 0.0309. The molecule has 3 N–H and O–H groups in total. The Labute approximate surface area is 104 Å². The maximum absolute atomic E-state index is 13.0. The van der Waals surface area contributed by atoms with Crippen LogP contribution in [0.5, 0.6) is 0 Å². The predicted molar refractivity (Wildman–Crippen MR) is 60.1 cm³/mol. The maximum atomic E-state index is 13.0. The fraction of sp³-hybridized carbons (Fsp3) is 0.200. The highest BCUT2D eigenvalue weighted by molar-refractivity contribution is 9.10.